The van der Waals surface area contributed by atoms with Gasteiger partial charge in [-0.05, 0) is 38.3 Å². The monoisotopic (exact) mass is 312 g/mol. The molecular formula is C15H15F3N2O2. The van der Waals surface area contributed by atoms with Gasteiger partial charge in [-0.25, -0.2) is 0 Å². The molecule has 1 aromatic carbocycles. The molecule has 4 nitrogen and oxygen atoms in total. The molecule has 0 saturated heterocycles. The summed E-state index contributed by atoms with van der Waals surface area (Å²) in [5, 5.41) is 11.6. The van der Waals surface area contributed by atoms with Gasteiger partial charge in [0.25, 0.3) is 5.91 Å². The zero-order valence-electron chi connectivity index (χ0n) is 11.9. The maximum Gasteiger partial charge on any atom is 0.419 e. The largest absolute Gasteiger partial charge is 0.480 e. The van der Waals surface area contributed by atoms with E-state index in [1.54, 1.807) is 0 Å². The normalized spacial score (nSPS) is 17.8. The quantitative estimate of drug-likeness (QED) is 0.929. The zero-order chi connectivity index (χ0) is 16.4. The highest BCUT2D eigenvalue weighted by Crippen LogP contribution is 2.36. The Bertz CT molecular complexity index is 604. The molecule has 0 bridgehead atoms. The van der Waals surface area contributed by atoms with Crippen molar-refractivity contribution in [3.63, 3.8) is 0 Å². The molecule has 0 aliphatic heterocycles. The fraction of sp³-hybridized carbons (Fsp3) is 0.467. The van der Waals surface area contributed by atoms with Gasteiger partial charge in [-0.3, -0.25) is 4.79 Å². The number of alkyl halides is 3. The molecule has 1 fully saturated rings. The summed E-state index contributed by atoms with van der Waals surface area (Å²) in [4.78, 5) is 12.0. The average molecular weight is 312 g/mol. The van der Waals surface area contributed by atoms with Crippen LogP contribution in [0.1, 0.15) is 31.7 Å². The van der Waals surface area contributed by atoms with Crippen molar-refractivity contribution in [2.75, 3.05) is 0 Å². The van der Waals surface area contributed by atoms with Crippen LogP contribution in [0.4, 0.5) is 13.2 Å². The second-order valence-electron chi connectivity index (χ2n) is 5.29. The van der Waals surface area contributed by atoms with E-state index in [0.29, 0.717) is 12.8 Å². The van der Waals surface area contributed by atoms with E-state index in [-0.39, 0.29) is 0 Å². The van der Waals surface area contributed by atoms with Crippen LogP contribution in [-0.4, -0.2) is 17.6 Å². The molecule has 1 unspecified atom stereocenters. The van der Waals surface area contributed by atoms with E-state index in [2.05, 4.69) is 5.32 Å². The summed E-state index contributed by atoms with van der Waals surface area (Å²) in [6.07, 6.45) is -3.77. The first kappa shape index (κ1) is 16.1. The number of amides is 1. The van der Waals surface area contributed by atoms with Crippen LogP contribution in [0, 0.1) is 11.3 Å². The predicted molar refractivity (Wildman–Crippen MR) is 71.9 cm³/mol. The number of hydrogen-bond donors (Lipinski definition) is 1. The number of ether oxygens (including phenoxy) is 1. The van der Waals surface area contributed by atoms with Gasteiger partial charge in [0.1, 0.15) is 11.3 Å². The number of nitrogens with zero attached hydrogens (tertiary/aromatic N) is 1. The van der Waals surface area contributed by atoms with Crippen molar-refractivity contribution in [1.29, 1.82) is 5.26 Å². The van der Waals surface area contributed by atoms with Gasteiger partial charge in [-0.2, -0.15) is 18.4 Å². The van der Waals surface area contributed by atoms with Crippen LogP contribution < -0.4 is 10.1 Å². The lowest BCUT2D eigenvalue weighted by molar-refractivity contribution is -0.141. The number of para-hydroxylation sites is 1. The van der Waals surface area contributed by atoms with Crippen LogP contribution in [0.5, 0.6) is 5.75 Å². The fourth-order valence-electron chi connectivity index (χ4n) is 2.18. The zero-order valence-corrected chi connectivity index (χ0v) is 11.9. The molecule has 1 saturated carbocycles. The molecule has 1 amide bonds. The highest BCUT2D eigenvalue weighted by atomic mass is 19.4. The van der Waals surface area contributed by atoms with Crippen molar-refractivity contribution in [1.82, 2.24) is 5.32 Å². The topological polar surface area (TPSA) is 62.1 Å². The van der Waals surface area contributed by atoms with E-state index in [9.17, 15) is 18.0 Å². The number of halogens is 3. The summed E-state index contributed by atoms with van der Waals surface area (Å²) in [6, 6.07) is 6.74. The Hall–Kier alpha value is -2.23. The van der Waals surface area contributed by atoms with E-state index in [4.69, 9.17) is 10.00 Å². The van der Waals surface area contributed by atoms with Crippen molar-refractivity contribution in [2.45, 2.75) is 44.0 Å². The van der Waals surface area contributed by atoms with Crippen molar-refractivity contribution < 1.29 is 22.7 Å². The lowest BCUT2D eigenvalue weighted by Gasteiger charge is -2.36. The standard InChI is InChI=1S/C15H15F3N2O2/c1-10(13(21)20-14(9-19)7-4-8-14)22-12-6-3-2-5-11(12)15(16,17)18/h2-3,5-6,10H,4,7-8H2,1H3,(H,20,21). The third-order valence-corrected chi connectivity index (χ3v) is 3.65. The Morgan fingerprint density at radius 2 is 2.05 bits per heavy atom. The van der Waals surface area contributed by atoms with Gasteiger partial charge in [-0.15, -0.1) is 0 Å². The minimum absolute atomic E-state index is 0.405. The minimum atomic E-state index is -4.56. The Morgan fingerprint density at radius 3 is 2.55 bits per heavy atom. The summed E-state index contributed by atoms with van der Waals surface area (Å²) in [5.74, 6) is -1.00. The predicted octanol–water partition coefficient (Wildman–Crippen LogP) is 3.04. The summed E-state index contributed by atoms with van der Waals surface area (Å²) in [7, 11) is 0. The molecule has 1 aliphatic rings. The lowest BCUT2D eigenvalue weighted by Crippen LogP contribution is -2.55. The Labute approximate surface area is 125 Å². The molecule has 1 aromatic rings. The number of nitriles is 1. The molecule has 0 spiro atoms. The molecule has 1 N–H and O–H groups in total. The Balaban J connectivity index is 2.08. The number of benzene rings is 1. The molecule has 0 heterocycles. The Morgan fingerprint density at radius 1 is 1.41 bits per heavy atom. The third-order valence-electron chi connectivity index (χ3n) is 3.65. The molecule has 2 rings (SSSR count). The number of hydrogen-bond acceptors (Lipinski definition) is 3. The van der Waals surface area contributed by atoms with Gasteiger partial charge in [0.05, 0.1) is 11.6 Å². The maximum absolute atomic E-state index is 12.9. The summed E-state index contributed by atoms with van der Waals surface area (Å²) < 4.78 is 43.7. The molecular weight excluding hydrogens is 297 g/mol. The number of nitrogens with one attached hydrogen (secondary N) is 1. The van der Waals surface area contributed by atoms with Gasteiger partial charge in [0, 0.05) is 0 Å². The maximum atomic E-state index is 12.9. The first-order valence-corrected chi connectivity index (χ1v) is 6.83. The van der Waals surface area contributed by atoms with Gasteiger partial charge < -0.3 is 10.1 Å². The average Bonchev–Trinajstić information content (AvgIpc) is 2.42. The van der Waals surface area contributed by atoms with Gasteiger partial charge in [0.15, 0.2) is 6.10 Å². The van der Waals surface area contributed by atoms with E-state index in [1.165, 1.54) is 19.1 Å². The van der Waals surface area contributed by atoms with Crippen molar-refractivity contribution in [3.05, 3.63) is 29.8 Å². The molecule has 118 valence electrons. The fourth-order valence-corrected chi connectivity index (χ4v) is 2.18. The molecule has 22 heavy (non-hydrogen) atoms. The van der Waals surface area contributed by atoms with E-state index in [1.807, 2.05) is 6.07 Å². The van der Waals surface area contributed by atoms with Gasteiger partial charge in [0.2, 0.25) is 0 Å². The minimum Gasteiger partial charge on any atom is -0.480 e. The first-order chi connectivity index (χ1) is 10.3. The number of carbonyl (C=O) groups excluding carboxylic acids is 1. The molecule has 7 heteroatoms. The summed E-state index contributed by atoms with van der Waals surface area (Å²) >= 11 is 0. The van der Waals surface area contributed by atoms with E-state index < -0.39 is 35.0 Å². The molecule has 0 radical (unpaired) electrons. The number of carbonyl (C=O) groups is 1. The van der Waals surface area contributed by atoms with Gasteiger partial charge >= 0.3 is 6.18 Å². The first-order valence-electron chi connectivity index (χ1n) is 6.83. The summed E-state index contributed by atoms with van der Waals surface area (Å²) in [6.45, 7) is 1.35. The molecule has 1 atom stereocenters. The van der Waals surface area contributed by atoms with Crippen LogP contribution in [0.15, 0.2) is 24.3 Å². The van der Waals surface area contributed by atoms with Crippen molar-refractivity contribution in [2.24, 2.45) is 0 Å². The second kappa shape index (κ2) is 5.87. The van der Waals surface area contributed by atoms with Crippen LogP contribution >= 0.6 is 0 Å². The van der Waals surface area contributed by atoms with Crippen LogP contribution in [0.25, 0.3) is 0 Å². The van der Waals surface area contributed by atoms with Crippen molar-refractivity contribution >= 4 is 5.91 Å². The van der Waals surface area contributed by atoms with Crippen LogP contribution in [0.3, 0.4) is 0 Å². The third kappa shape index (κ3) is 3.32. The smallest absolute Gasteiger partial charge is 0.419 e. The van der Waals surface area contributed by atoms with E-state index >= 15 is 0 Å². The van der Waals surface area contributed by atoms with Crippen LogP contribution in [-0.2, 0) is 11.0 Å². The summed E-state index contributed by atoms with van der Waals surface area (Å²) in [5.41, 5.74) is -1.84. The lowest BCUT2D eigenvalue weighted by atomic mass is 9.78. The Kier molecular flexibility index (Phi) is 4.31. The van der Waals surface area contributed by atoms with Gasteiger partial charge in [-0.1, -0.05) is 12.1 Å². The van der Waals surface area contributed by atoms with Crippen LogP contribution in [0.2, 0.25) is 0 Å². The highest BCUT2D eigenvalue weighted by molar-refractivity contribution is 5.82. The molecule has 0 aromatic heterocycles. The van der Waals surface area contributed by atoms with E-state index in [0.717, 1.165) is 18.6 Å². The van der Waals surface area contributed by atoms with Crippen molar-refractivity contribution in [3.8, 4) is 11.8 Å². The molecule has 1 aliphatic carbocycles. The number of rotatable bonds is 4. The second-order valence-corrected chi connectivity index (χ2v) is 5.29. The highest BCUT2D eigenvalue weighted by Gasteiger charge is 2.40. The SMILES string of the molecule is CC(Oc1ccccc1C(F)(F)F)C(=O)NC1(C#N)CCC1.